The van der Waals surface area contributed by atoms with Gasteiger partial charge in [0.1, 0.15) is 0 Å². The molecule has 0 bridgehead atoms. The number of aromatic nitrogens is 2. The number of aryl methyl sites for hydroxylation is 2. The average Bonchev–Trinajstić information content (AvgIpc) is 2.72. The smallest absolute Gasteiger partial charge is 0.222 e. The van der Waals surface area contributed by atoms with Crippen LogP contribution >= 0.6 is 15.9 Å². The molecule has 1 aromatic heterocycles. The number of hydrogen-bond acceptors (Lipinski definition) is 4. The van der Waals surface area contributed by atoms with E-state index in [0.717, 1.165) is 11.3 Å². The summed E-state index contributed by atoms with van der Waals surface area (Å²) in [6.07, 6.45) is 0. The van der Waals surface area contributed by atoms with Crippen LogP contribution in [0.3, 0.4) is 0 Å². The van der Waals surface area contributed by atoms with Gasteiger partial charge in [-0.3, -0.25) is 0 Å². The van der Waals surface area contributed by atoms with E-state index >= 15 is 0 Å². The molecule has 1 aromatic carbocycles. The molecule has 0 saturated heterocycles. The van der Waals surface area contributed by atoms with Gasteiger partial charge in [0.15, 0.2) is 11.5 Å². The molecule has 0 spiro atoms. The van der Waals surface area contributed by atoms with Crippen LogP contribution in [0.5, 0.6) is 23.1 Å². The summed E-state index contributed by atoms with van der Waals surface area (Å²) < 4.78 is 18.4. The Hall–Kier alpha value is -1.69. The Morgan fingerprint density at radius 3 is 2.30 bits per heavy atom. The number of para-hydroxylation sites is 1. The Morgan fingerprint density at radius 1 is 1.20 bits per heavy atom. The van der Waals surface area contributed by atoms with E-state index < -0.39 is 0 Å². The number of rotatable bonds is 5. The van der Waals surface area contributed by atoms with Crippen LogP contribution in [0.4, 0.5) is 0 Å². The Labute approximate surface area is 126 Å². The molecular formula is C14H17BrN2O3. The summed E-state index contributed by atoms with van der Waals surface area (Å²) in [6.45, 7) is 1.95. The van der Waals surface area contributed by atoms with E-state index in [2.05, 4.69) is 21.0 Å². The molecule has 1 heterocycles. The highest BCUT2D eigenvalue weighted by atomic mass is 79.9. The molecule has 0 atom stereocenters. The van der Waals surface area contributed by atoms with Crippen molar-refractivity contribution in [2.45, 2.75) is 12.3 Å². The molecule has 0 unspecified atom stereocenters. The lowest BCUT2D eigenvalue weighted by Crippen LogP contribution is -2.00. The maximum atomic E-state index is 6.02. The molecule has 5 nitrogen and oxygen atoms in total. The van der Waals surface area contributed by atoms with Crippen LogP contribution in [0.15, 0.2) is 18.2 Å². The first kappa shape index (κ1) is 14.7. The first-order valence-corrected chi connectivity index (χ1v) is 7.21. The molecule has 6 heteroatoms. The second-order valence-electron chi connectivity index (χ2n) is 4.22. The monoisotopic (exact) mass is 340 g/mol. The Morgan fingerprint density at radius 2 is 1.80 bits per heavy atom. The second-order valence-corrected chi connectivity index (χ2v) is 4.78. The number of halogens is 1. The van der Waals surface area contributed by atoms with Crippen molar-refractivity contribution in [1.29, 1.82) is 0 Å². The summed E-state index contributed by atoms with van der Waals surface area (Å²) in [7, 11) is 5.04. The van der Waals surface area contributed by atoms with Gasteiger partial charge in [0.2, 0.25) is 11.6 Å². The SMILES string of the molecule is COc1cccc(OC)c1Oc1c(CBr)c(C)nn1C. The van der Waals surface area contributed by atoms with E-state index in [4.69, 9.17) is 14.2 Å². The first-order valence-electron chi connectivity index (χ1n) is 6.09. The number of ether oxygens (including phenoxy) is 3. The van der Waals surface area contributed by atoms with Crippen molar-refractivity contribution in [2.75, 3.05) is 14.2 Å². The summed E-state index contributed by atoms with van der Waals surface area (Å²) in [5, 5.41) is 5.04. The van der Waals surface area contributed by atoms with Gasteiger partial charge in [-0.2, -0.15) is 5.10 Å². The normalized spacial score (nSPS) is 10.4. The lowest BCUT2D eigenvalue weighted by Gasteiger charge is -2.14. The van der Waals surface area contributed by atoms with E-state index in [1.54, 1.807) is 18.9 Å². The number of alkyl halides is 1. The van der Waals surface area contributed by atoms with Gasteiger partial charge >= 0.3 is 0 Å². The van der Waals surface area contributed by atoms with Crippen LogP contribution in [0.25, 0.3) is 0 Å². The lowest BCUT2D eigenvalue weighted by molar-refractivity contribution is 0.334. The van der Waals surface area contributed by atoms with E-state index in [0.29, 0.717) is 28.5 Å². The number of hydrogen-bond donors (Lipinski definition) is 0. The summed E-state index contributed by atoms with van der Waals surface area (Å²) >= 11 is 3.46. The summed E-state index contributed by atoms with van der Waals surface area (Å²) in [6, 6.07) is 5.51. The third kappa shape index (κ3) is 2.60. The molecule has 0 aliphatic carbocycles. The fourth-order valence-electron chi connectivity index (χ4n) is 1.98. The molecule has 2 rings (SSSR count). The van der Waals surface area contributed by atoms with Gasteiger partial charge in [-0.05, 0) is 19.1 Å². The number of benzene rings is 1. The van der Waals surface area contributed by atoms with Crippen LogP contribution in [0, 0.1) is 6.92 Å². The zero-order valence-corrected chi connectivity index (χ0v) is 13.5. The van der Waals surface area contributed by atoms with Gasteiger partial charge in [0, 0.05) is 17.9 Å². The molecule has 2 aromatic rings. The summed E-state index contributed by atoms with van der Waals surface area (Å²) in [4.78, 5) is 0. The van der Waals surface area contributed by atoms with Crippen molar-refractivity contribution in [2.24, 2.45) is 7.05 Å². The van der Waals surface area contributed by atoms with Gasteiger partial charge < -0.3 is 14.2 Å². The lowest BCUT2D eigenvalue weighted by atomic mass is 10.2. The van der Waals surface area contributed by atoms with E-state index in [9.17, 15) is 0 Å². The third-order valence-corrected chi connectivity index (χ3v) is 3.56. The number of methoxy groups -OCH3 is 2. The minimum Gasteiger partial charge on any atom is -0.493 e. The third-order valence-electron chi connectivity index (χ3n) is 3.00. The van der Waals surface area contributed by atoms with E-state index in [1.165, 1.54) is 0 Å². The van der Waals surface area contributed by atoms with Crippen molar-refractivity contribution in [3.63, 3.8) is 0 Å². The fourth-order valence-corrected chi connectivity index (χ4v) is 2.62. The summed E-state index contributed by atoms with van der Waals surface area (Å²) in [5.74, 6) is 2.44. The van der Waals surface area contributed by atoms with Crippen LogP contribution in [0.1, 0.15) is 11.3 Å². The van der Waals surface area contributed by atoms with Gasteiger partial charge in [-0.1, -0.05) is 22.0 Å². The first-order chi connectivity index (χ1) is 9.62. The van der Waals surface area contributed by atoms with Crippen LogP contribution in [0.2, 0.25) is 0 Å². The van der Waals surface area contributed by atoms with Crippen molar-refractivity contribution in [3.05, 3.63) is 29.5 Å². The second kappa shape index (κ2) is 6.17. The van der Waals surface area contributed by atoms with E-state index in [-0.39, 0.29) is 0 Å². The Kier molecular flexibility index (Phi) is 4.54. The molecule has 0 N–H and O–H groups in total. The molecule has 0 aliphatic heterocycles. The molecular weight excluding hydrogens is 324 g/mol. The van der Waals surface area contributed by atoms with Crippen LogP contribution < -0.4 is 14.2 Å². The minimum absolute atomic E-state index is 0.544. The fraction of sp³-hybridized carbons (Fsp3) is 0.357. The zero-order chi connectivity index (χ0) is 14.7. The molecule has 0 aliphatic rings. The topological polar surface area (TPSA) is 45.5 Å². The highest BCUT2D eigenvalue weighted by Crippen LogP contribution is 2.41. The van der Waals surface area contributed by atoms with E-state index in [1.807, 2.05) is 32.2 Å². The highest BCUT2D eigenvalue weighted by molar-refractivity contribution is 9.08. The van der Waals surface area contributed by atoms with Gasteiger partial charge in [0.05, 0.1) is 19.9 Å². The predicted octanol–water partition coefficient (Wildman–Crippen LogP) is 3.43. The van der Waals surface area contributed by atoms with Crippen molar-refractivity contribution < 1.29 is 14.2 Å². The maximum Gasteiger partial charge on any atom is 0.222 e. The van der Waals surface area contributed by atoms with Crippen molar-refractivity contribution in [1.82, 2.24) is 9.78 Å². The summed E-state index contributed by atoms with van der Waals surface area (Å²) in [5.41, 5.74) is 1.92. The van der Waals surface area contributed by atoms with Crippen molar-refractivity contribution >= 4 is 15.9 Å². The van der Waals surface area contributed by atoms with Gasteiger partial charge in [0.25, 0.3) is 0 Å². The molecule has 0 amide bonds. The maximum absolute atomic E-state index is 6.02. The average molecular weight is 341 g/mol. The standard InChI is InChI=1S/C14H17BrN2O3/c1-9-10(8-15)14(17(2)16-9)20-13-11(18-3)6-5-7-12(13)19-4/h5-7H,8H2,1-4H3. The minimum atomic E-state index is 0.544. The predicted molar refractivity (Wildman–Crippen MR) is 80.2 cm³/mol. The molecule has 20 heavy (non-hydrogen) atoms. The quantitative estimate of drug-likeness (QED) is 0.782. The highest BCUT2D eigenvalue weighted by Gasteiger charge is 2.19. The largest absolute Gasteiger partial charge is 0.493 e. The zero-order valence-electron chi connectivity index (χ0n) is 11.9. The molecule has 0 radical (unpaired) electrons. The molecule has 108 valence electrons. The van der Waals surface area contributed by atoms with Crippen LogP contribution in [-0.2, 0) is 12.4 Å². The number of nitrogens with zero attached hydrogens (tertiary/aromatic N) is 2. The van der Waals surface area contributed by atoms with Gasteiger partial charge in [-0.25, -0.2) is 4.68 Å². The van der Waals surface area contributed by atoms with Crippen LogP contribution in [-0.4, -0.2) is 24.0 Å². The Balaban J connectivity index is 2.49. The molecule has 0 saturated carbocycles. The Bertz CT molecular complexity index is 588. The van der Waals surface area contributed by atoms with Gasteiger partial charge in [-0.15, -0.1) is 0 Å². The van der Waals surface area contributed by atoms with Crippen molar-refractivity contribution in [3.8, 4) is 23.1 Å². The molecule has 0 fully saturated rings.